The highest BCUT2D eigenvalue weighted by Crippen LogP contribution is 2.05. The smallest absolute Gasteiger partial charge is 0.152 e. The molecule has 0 spiro atoms. The Hall–Kier alpha value is -0.980. The molecule has 0 aliphatic carbocycles. The van der Waals surface area contributed by atoms with Gasteiger partial charge in [0.1, 0.15) is 13.6 Å². The number of hydrogen-bond acceptors (Lipinski definition) is 5. The predicted octanol–water partition coefficient (Wildman–Crippen LogP) is 2.04. The van der Waals surface area contributed by atoms with E-state index in [0.29, 0.717) is 6.61 Å². The molecule has 0 aliphatic heterocycles. The van der Waals surface area contributed by atoms with Gasteiger partial charge in [-0.2, -0.15) is 0 Å². The Bertz CT molecular complexity index is 316. The van der Waals surface area contributed by atoms with E-state index in [1.165, 1.54) is 5.56 Å². The molecule has 18 heavy (non-hydrogen) atoms. The van der Waals surface area contributed by atoms with Crippen LogP contribution in [0.2, 0.25) is 0 Å². The molecule has 5 nitrogen and oxygen atoms in total. The lowest BCUT2D eigenvalue weighted by Gasteiger charge is -2.07. The number of aryl methyl sites for hydroxylation is 1. The van der Waals surface area contributed by atoms with Crippen LogP contribution < -0.4 is 0 Å². The maximum Gasteiger partial charge on any atom is 0.152 e. The molecule has 0 atom stereocenters. The average Bonchev–Trinajstić information content (AvgIpc) is 2.37. The van der Waals surface area contributed by atoms with Crippen LogP contribution in [0.4, 0.5) is 0 Å². The van der Waals surface area contributed by atoms with Gasteiger partial charge in [-0.3, -0.25) is 0 Å². The molecule has 1 rings (SSSR count). The summed E-state index contributed by atoms with van der Waals surface area (Å²) in [6.07, 6.45) is 0. The third-order valence-corrected chi connectivity index (χ3v) is 2.05. The minimum Gasteiger partial charge on any atom is -0.359 e. The summed E-state index contributed by atoms with van der Waals surface area (Å²) in [5, 5.41) is 0. The van der Waals surface area contributed by atoms with Gasteiger partial charge in [0.2, 0.25) is 0 Å². The quantitative estimate of drug-likeness (QED) is 0.473. The van der Waals surface area contributed by atoms with Crippen LogP contribution in [0, 0.1) is 6.92 Å². The van der Waals surface area contributed by atoms with Crippen LogP contribution in [0.5, 0.6) is 0 Å². The maximum absolute atomic E-state index is 5.33. The van der Waals surface area contributed by atoms with Gasteiger partial charge in [-0.25, -0.2) is 0 Å². The summed E-state index contributed by atoms with van der Waals surface area (Å²) in [5.74, 6) is 0. The normalized spacial score (nSPS) is 10.8. The van der Waals surface area contributed by atoms with E-state index in [0.717, 1.165) is 5.56 Å². The van der Waals surface area contributed by atoms with Gasteiger partial charge in [0.15, 0.2) is 13.6 Å². The monoisotopic (exact) mass is 256 g/mol. The molecular weight excluding hydrogens is 236 g/mol. The molecule has 0 unspecified atom stereocenters. The van der Waals surface area contributed by atoms with E-state index in [-0.39, 0.29) is 27.2 Å². The van der Waals surface area contributed by atoms with Crippen LogP contribution >= 0.6 is 0 Å². The highest BCUT2D eigenvalue weighted by Gasteiger charge is 1.94. The van der Waals surface area contributed by atoms with Crippen molar-refractivity contribution in [1.29, 1.82) is 0 Å². The summed E-state index contributed by atoms with van der Waals surface area (Å²) in [7, 11) is 1.55. The van der Waals surface area contributed by atoms with Gasteiger partial charge in [0.25, 0.3) is 0 Å². The third-order valence-electron chi connectivity index (χ3n) is 2.05. The summed E-state index contributed by atoms with van der Waals surface area (Å²) < 4.78 is 25.0. The van der Waals surface area contributed by atoms with Crippen molar-refractivity contribution in [2.75, 3.05) is 34.3 Å². The fourth-order valence-electron chi connectivity index (χ4n) is 1.32. The van der Waals surface area contributed by atoms with Crippen molar-refractivity contribution in [3.05, 3.63) is 35.4 Å². The van der Waals surface area contributed by atoms with Crippen molar-refractivity contribution >= 4 is 0 Å². The average molecular weight is 256 g/mol. The highest BCUT2D eigenvalue weighted by atomic mass is 16.8. The van der Waals surface area contributed by atoms with Gasteiger partial charge in [0, 0.05) is 7.11 Å². The minimum atomic E-state index is 0.136. The zero-order valence-electron chi connectivity index (χ0n) is 10.9. The second-order valence-electron chi connectivity index (χ2n) is 3.71. The van der Waals surface area contributed by atoms with E-state index >= 15 is 0 Å². The molecule has 102 valence electrons. The molecule has 0 amide bonds. The Balaban J connectivity index is 1.92. The molecule has 0 aromatic heterocycles. The van der Waals surface area contributed by atoms with E-state index < -0.39 is 0 Å². The molecule has 0 aliphatic rings. The first-order valence-corrected chi connectivity index (χ1v) is 5.68. The fourth-order valence-corrected chi connectivity index (χ4v) is 1.32. The lowest BCUT2D eigenvalue weighted by molar-refractivity contribution is -0.190. The molecule has 0 saturated carbocycles. The first-order valence-electron chi connectivity index (χ1n) is 5.68. The molecule has 1 aromatic carbocycles. The predicted molar refractivity (Wildman–Crippen MR) is 65.7 cm³/mol. The molecule has 0 heterocycles. The van der Waals surface area contributed by atoms with E-state index in [1.54, 1.807) is 7.11 Å². The first-order chi connectivity index (χ1) is 8.83. The van der Waals surface area contributed by atoms with Crippen molar-refractivity contribution < 1.29 is 23.7 Å². The summed E-state index contributed by atoms with van der Waals surface area (Å²) in [6.45, 7) is 3.26. The van der Waals surface area contributed by atoms with Crippen molar-refractivity contribution in [2.24, 2.45) is 0 Å². The number of benzene rings is 1. The number of hydrogen-bond donors (Lipinski definition) is 0. The number of rotatable bonds is 10. The summed E-state index contributed by atoms with van der Waals surface area (Å²) in [4.78, 5) is 0. The minimum absolute atomic E-state index is 0.136. The van der Waals surface area contributed by atoms with Crippen LogP contribution in [0.1, 0.15) is 11.1 Å². The molecule has 0 radical (unpaired) electrons. The molecule has 0 N–H and O–H groups in total. The van der Waals surface area contributed by atoms with Crippen molar-refractivity contribution in [3.63, 3.8) is 0 Å². The van der Waals surface area contributed by atoms with Gasteiger partial charge < -0.3 is 23.7 Å². The van der Waals surface area contributed by atoms with Crippen LogP contribution in [0.25, 0.3) is 0 Å². The third kappa shape index (κ3) is 7.37. The number of ether oxygens (including phenoxy) is 5. The molecule has 5 heteroatoms. The van der Waals surface area contributed by atoms with Crippen LogP contribution in [0.15, 0.2) is 24.3 Å². The summed E-state index contributed by atoms with van der Waals surface area (Å²) in [6, 6.07) is 8.15. The lowest BCUT2D eigenvalue weighted by Crippen LogP contribution is -2.08. The van der Waals surface area contributed by atoms with Gasteiger partial charge in [0.05, 0.1) is 6.61 Å². The van der Waals surface area contributed by atoms with Crippen molar-refractivity contribution in [2.45, 2.75) is 13.5 Å². The topological polar surface area (TPSA) is 46.2 Å². The Labute approximate surface area is 108 Å². The Morgan fingerprint density at radius 1 is 0.889 bits per heavy atom. The van der Waals surface area contributed by atoms with Crippen molar-refractivity contribution in [3.8, 4) is 0 Å². The Morgan fingerprint density at radius 3 is 2.22 bits per heavy atom. The Morgan fingerprint density at radius 2 is 1.56 bits per heavy atom. The zero-order valence-corrected chi connectivity index (χ0v) is 10.9. The van der Waals surface area contributed by atoms with E-state index in [4.69, 9.17) is 18.9 Å². The van der Waals surface area contributed by atoms with Crippen LogP contribution in [-0.4, -0.2) is 34.3 Å². The standard InChI is InChI=1S/C13H20O5/c1-12-4-3-5-13(6-12)7-15-9-17-11-18-10-16-8-14-2/h3-6H,7-11H2,1-2H3. The largest absolute Gasteiger partial charge is 0.359 e. The van der Waals surface area contributed by atoms with Gasteiger partial charge >= 0.3 is 0 Å². The lowest BCUT2D eigenvalue weighted by atomic mass is 10.1. The maximum atomic E-state index is 5.33. The highest BCUT2D eigenvalue weighted by molar-refractivity contribution is 5.21. The van der Waals surface area contributed by atoms with Gasteiger partial charge in [-0.1, -0.05) is 29.8 Å². The molecule has 0 fully saturated rings. The molecule has 0 saturated heterocycles. The second-order valence-corrected chi connectivity index (χ2v) is 3.71. The first kappa shape index (κ1) is 15.1. The summed E-state index contributed by atoms with van der Waals surface area (Å²) >= 11 is 0. The van der Waals surface area contributed by atoms with Gasteiger partial charge in [-0.05, 0) is 12.5 Å². The number of methoxy groups -OCH3 is 1. The van der Waals surface area contributed by atoms with E-state index in [1.807, 2.05) is 25.1 Å². The molecule has 0 bridgehead atoms. The second kappa shape index (κ2) is 9.99. The van der Waals surface area contributed by atoms with Crippen LogP contribution in [-0.2, 0) is 30.3 Å². The van der Waals surface area contributed by atoms with E-state index in [9.17, 15) is 0 Å². The fraction of sp³-hybridized carbons (Fsp3) is 0.538. The van der Waals surface area contributed by atoms with Crippen LogP contribution in [0.3, 0.4) is 0 Å². The zero-order chi connectivity index (χ0) is 13.1. The van der Waals surface area contributed by atoms with E-state index in [2.05, 4.69) is 10.8 Å². The SMILES string of the molecule is COCOCOCOCOCc1cccc(C)c1. The van der Waals surface area contributed by atoms with Gasteiger partial charge in [-0.15, -0.1) is 0 Å². The molecule has 1 aromatic rings. The van der Waals surface area contributed by atoms with Crippen molar-refractivity contribution in [1.82, 2.24) is 0 Å². The molecular formula is C13H20O5. The summed E-state index contributed by atoms with van der Waals surface area (Å²) in [5.41, 5.74) is 2.35. The Kier molecular flexibility index (Phi) is 8.37.